The Kier molecular flexibility index (Phi) is 4.29. The Balaban J connectivity index is 1.18. The first kappa shape index (κ1) is 20.8. The minimum absolute atomic E-state index is 0.173. The molecule has 0 spiro atoms. The normalized spacial score (nSPS) is 23.4. The largest absolute Gasteiger partial charge is 0.355 e. The Morgan fingerprint density at radius 1 is 1.20 bits per heavy atom. The molecule has 2 aromatic carbocycles. The van der Waals surface area contributed by atoms with Crippen LogP contribution in [0.1, 0.15) is 5.56 Å². The fourth-order valence-corrected chi connectivity index (χ4v) is 6.36. The van der Waals surface area contributed by atoms with Gasteiger partial charge >= 0.3 is 0 Å². The maximum absolute atomic E-state index is 14.6. The third kappa shape index (κ3) is 2.82. The van der Waals surface area contributed by atoms with Gasteiger partial charge in [-0.1, -0.05) is 29.8 Å². The summed E-state index contributed by atoms with van der Waals surface area (Å²) < 4.78 is 16.3. The van der Waals surface area contributed by atoms with Gasteiger partial charge in [0.1, 0.15) is 22.8 Å². The topological polar surface area (TPSA) is 102 Å². The molecule has 3 N–H and O–H groups in total. The molecule has 3 atom stereocenters. The number of hydrogen-bond acceptors (Lipinski definition) is 6. The van der Waals surface area contributed by atoms with E-state index in [-0.39, 0.29) is 11.2 Å². The van der Waals surface area contributed by atoms with E-state index >= 15 is 0 Å². The van der Waals surface area contributed by atoms with E-state index in [2.05, 4.69) is 20.2 Å². The Bertz CT molecular complexity index is 1610. The third-order valence-electron chi connectivity index (χ3n) is 7.82. The number of fused-ring (bicyclic) bond motifs is 3. The van der Waals surface area contributed by atoms with Crippen LogP contribution >= 0.6 is 11.6 Å². The molecule has 1 aliphatic carbocycles. The number of nitrogens with zero attached hydrogens (tertiary/aromatic N) is 6. The SMILES string of the molecule is Cn1cc2c(Cl)c(-c3n[nH]c4nc(N5C[C@@H]6[C@H](C5)[C@]6(CN)c5ccccc5F)cnc34)ccc2n1. The maximum Gasteiger partial charge on any atom is 0.177 e. The van der Waals surface area contributed by atoms with Crippen LogP contribution in [0.3, 0.4) is 0 Å². The molecular weight excluding hydrogens is 467 g/mol. The zero-order valence-electron chi connectivity index (χ0n) is 18.9. The highest BCUT2D eigenvalue weighted by Crippen LogP contribution is 2.63. The lowest BCUT2D eigenvalue weighted by atomic mass is 9.89. The minimum atomic E-state index is -0.289. The molecule has 0 amide bonds. The van der Waals surface area contributed by atoms with Crippen molar-refractivity contribution < 1.29 is 4.39 Å². The molecule has 3 aromatic heterocycles. The number of nitrogens with two attached hydrogens (primary N) is 1. The van der Waals surface area contributed by atoms with Crippen molar-refractivity contribution in [2.75, 3.05) is 24.5 Å². The van der Waals surface area contributed by atoms with Crippen LogP contribution in [-0.4, -0.2) is 49.6 Å². The Labute approximate surface area is 204 Å². The van der Waals surface area contributed by atoms with E-state index in [1.54, 1.807) is 16.9 Å². The summed E-state index contributed by atoms with van der Waals surface area (Å²) in [5.74, 6) is 1.19. The van der Waals surface area contributed by atoms with Gasteiger partial charge in [-0.25, -0.2) is 14.4 Å². The second kappa shape index (κ2) is 7.22. The van der Waals surface area contributed by atoms with E-state index in [1.807, 2.05) is 37.5 Å². The van der Waals surface area contributed by atoms with Gasteiger partial charge < -0.3 is 10.6 Å². The summed E-state index contributed by atoms with van der Waals surface area (Å²) in [5.41, 5.74) is 10.1. The summed E-state index contributed by atoms with van der Waals surface area (Å²) in [7, 11) is 1.86. The van der Waals surface area contributed by atoms with Gasteiger partial charge in [0, 0.05) is 49.2 Å². The van der Waals surface area contributed by atoms with Crippen LogP contribution in [0.4, 0.5) is 10.2 Å². The molecular formula is C25H22ClFN8. The molecule has 1 saturated carbocycles. The van der Waals surface area contributed by atoms with Crippen molar-refractivity contribution in [3.63, 3.8) is 0 Å². The lowest BCUT2D eigenvalue weighted by Crippen LogP contribution is -2.35. The maximum atomic E-state index is 14.6. The van der Waals surface area contributed by atoms with Crippen LogP contribution in [0, 0.1) is 17.7 Å². The summed E-state index contributed by atoms with van der Waals surface area (Å²) in [6.45, 7) is 1.97. The first-order chi connectivity index (χ1) is 17.0. The molecule has 1 aliphatic heterocycles. The molecule has 5 aromatic rings. The van der Waals surface area contributed by atoms with E-state index in [4.69, 9.17) is 27.3 Å². The summed E-state index contributed by atoms with van der Waals surface area (Å²) in [4.78, 5) is 11.7. The summed E-state index contributed by atoms with van der Waals surface area (Å²) >= 11 is 6.70. The number of piperidine rings is 1. The lowest BCUT2D eigenvalue weighted by Gasteiger charge is -2.27. The number of benzene rings is 2. The van der Waals surface area contributed by atoms with Gasteiger partial charge in [0.15, 0.2) is 5.65 Å². The van der Waals surface area contributed by atoms with E-state index in [1.165, 1.54) is 6.07 Å². The zero-order chi connectivity index (χ0) is 23.9. The van der Waals surface area contributed by atoms with E-state index in [0.717, 1.165) is 40.9 Å². The summed E-state index contributed by atoms with van der Waals surface area (Å²) in [6, 6.07) is 10.8. The van der Waals surface area contributed by atoms with Gasteiger partial charge in [0.2, 0.25) is 0 Å². The number of halogens is 2. The fourth-order valence-electron chi connectivity index (χ4n) is 6.07. The Morgan fingerprint density at radius 2 is 2.00 bits per heavy atom. The average Bonchev–Trinajstić information content (AvgIpc) is 3.31. The van der Waals surface area contributed by atoms with Crippen molar-refractivity contribution in [1.82, 2.24) is 29.9 Å². The second-order valence-electron chi connectivity index (χ2n) is 9.50. The quantitative estimate of drug-likeness (QED) is 0.400. The second-order valence-corrected chi connectivity index (χ2v) is 9.88. The number of aromatic nitrogens is 6. The van der Waals surface area contributed by atoms with E-state index in [9.17, 15) is 4.39 Å². The molecule has 0 unspecified atom stereocenters. The van der Waals surface area contributed by atoms with Crippen molar-refractivity contribution >= 4 is 39.5 Å². The number of aromatic amines is 1. The van der Waals surface area contributed by atoms with Crippen LogP contribution in [0.2, 0.25) is 5.02 Å². The molecule has 1 saturated heterocycles. The highest BCUT2D eigenvalue weighted by atomic mass is 35.5. The van der Waals surface area contributed by atoms with E-state index < -0.39 is 0 Å². The number of hydrogen-bond donors (Lipinski definition) is 2. The zero-order valence-corrected chi connectivity index (χ0v) is 19.7. The molecule has 2 fully saturated rings. The molecule has 4 heterocycles. The average molecular weight is 489 g/mol. The van der Waals surface area contributed by atoms with Crippen LogP contribution in [0.25, 0.3) is 33.3 Å². The standard InChI is InChI=1S/C25H22ClFN8/c1-34-9-14-19(33-34)7-6-13(21(14)26)22-23-24(32-31-22)30-20(8-29-23)35-10-16-17(11-35)25(16,12-28)15-4-2-3-5-18(15)27/h2-9,16-17H,10-12,28H2,1H3,(H,30,31,32)/t16-,17+,25-. The number of anilines is 1. The fraction of sp³-hybridized carbons (Fsp3) is 0.280. The lowest BCUT2D eigenvalue weighted by molar-refractivity contribution is 0.509. The first-order valence-electron chi connectivity index (χ1n) is 11.5. The van der Waals surface area contributed by atoms with Crippen LogP contribution in [0.5, 0.6) is 0 Å². The van der Waals surface area contributed by atoms with Gasteiger partial charge in [0.25, 0.3) is 0 Å². The molecule has 7 rings (SSSR count). The Morgan fingerprint density at radius 3 is 2.77 bits per heavy atom. The summed E-state index contributed by atoms with van der Waals surface area (Å²) in [6.07, 6.45) is 3.66. The highest BCUT2D eigenvalue weighted by Gasteiger charge is 2.68. The van der Waals surface area contributed by atoms with Crippen LogP contribution in [0.15, 0.2) is 48.8 Å². The molecule has 0 radical (unpaired) electrons. The van der Waals surface area contributed by atoms with Crippen molar-refractivity contribution in [1.29, 1.82) is 0 Å². The van der Waals surface area contributed by atoms with Crippen LogP contribution in [-0.2, 0) is 12.5 Å². The molecule has 10 heteroatoms. The molecule has 0 bridgehead atoms. The predicted molar refractivity (Wildman–Crippen MR) is 133 cm³/mol. The van der Waals surface area contributed by atoms with Crippen molar-refractivity contribution in [2.45, 2.75) is 5.41 Å². The Hall–Kier alpha value is -3.56. The van der Waals surface area contributed by atoms with Crippen molar-refractivity contribution in [3.8, 4) is 11.3 Å². The number of aryl methyl sites for hydroxylation is 1. The smallest absolute Gasteiger partial charge is 0.177 e. The van der Waals surface area contributed by atoms with Crippen molar-refractivity contribution in [2.24, 2.45) is 24.6 Å². The van der Waals surface area contributed by atoms with Gasteiger partial charge in [-0.05, 0) is 35.6 Å². The number of nitrogens with one attached hydrogen (secondary N) is 1. The highest BCUT2D eigenvalue weighted by molar-refractivity contribution is 6.38. The third-order valence-corrected chi connectivity index (χ3v) is 8.23. The first-order valence-corrected chi connectivity index (χ1v) is 11.9. The molecule has 8 nitrogen and oxygen atoms in total. The monoisotopic (exact) mass is 488 g/mol. The van der Waals surface area contributed by atoms with Gasteiger partial charge in [0.05, 0.1) is 16.7 Å². The van der Waals surface area contributed by atoms with Gasteiger partial charge in [-0.15, -0.1) is 0 Å². The summed E-state index contributed by atoms with van der Waals surface area (Å²) in [5, 5.41) is 13.3. The van der Waals surface area contributed by atoms with Crippen LogP contribution < -0.4 is 10.6 Å². The molecule has 35 heavy (non-hydrogen) atoms. The van der Waals surface area contributed by atoms with Crippen molar-refractivity contribution in [3.05, 3.63) is 65.2 Å². The van der Waals surface area contributed by atoms with E-state index in [0.29, 0.717) is 40.3 Å². The number of H-pyrrole nitrogens is 1. The van der Waals surface area contributed by atoms with Gasteiger partial charge in [-0.2, -0.15) is 10.2 Å². The minimum Gasteiger partial charge on any atom is -0.355 e. The predicted octanol–water partition coefficient (Wildman–Crippen LogP) is 3.66. The van der Waals surface area contributed by atoms with Gasteiger partial charge in [-0.3, -0.25) is 9.78 Å². The number of rotatable bonds is 4. The molecule has 2 aliphatic rings. The molecule has 176 valence electrons.